The van der Waals surface area contributed by atoms with E-state index < -0.39 is 0 Å². The molecule has 6 heteroatoms. The van der Waals surface area contributed by atoms with Crippen molar-refractivity contribution in [3.8, 4) is 0 Å². The molecule has 3 heterocycles. The molecule has 4 rings (SSSR count). The van der Waals surface area contributed by atoms with Gasteiger partial charge in [0.15, 0.2) is 0 Å². The Hall–Kier alpha value is -3.15. The maximum Gasteiger partial charge on any atom is 0.240 e. The average Bonchev–Trinajstić information content (AvgIpc) is 3.27. The fourth-order valence-corrected chi connectivity index (χ4v) is 3.30. The second-order valence-corrected chi connectivity index (χ2v) is 6.45. The first kappa shape index (κ1) is 16.3. The van der Waals surface area contributed by atoms with E-state index in [4.69, 9.17) is 0 Å². The predicted octanol–water partition coefficient (Wildman–Crippen LogP) is 2.48. The van der Waals surface area contributed by atoms with Crippen molar-refractivity contribution < 1.29 is 9.59 Å². The van der Waals surface area contributed by atoms with E-state index in [1.54, 1.807) is 11.1 Å². The van der Waals surface area contributed by atoms with Gasteiger partial charge in [-0.25, -0.2) is 4.98 Å². The van der Waals surface area contributed by atoms with Crippen LogP contribution < -0.4 is 10.2 Å². The number of carbonyl (C=O) groups is 2. The highest BCUT2D eigenvalue weighted by Crippen LogP contribution is 2.19. The normalized spacial score (nSPS) is 14.2. The molecule has 0 unspecified atom stereocenters. The molecule has 1 N–H and O–H groups in total. The fourth-order valence-electron chi connectivity index (χ4n) is 3.30. The summed E-state index contributed by atoms with van der Waals surface area (Å²) in [6, 6.07) is 13.7. The van der Waals surface area contributed by atoms with Crippen molar-refractivity contribution in [2.24, 2.45) is 0 Å². The van der Waals surface area contributed by atoms with Crippen molar-refractivity contribution in [1.29, 1.82) is 0 Å². The van der Waals surface area contributed by atoms with Crippen LogP contribution in [0, 0.1) is 0 Å². The lowest BCUT2D eigenvalue weighted by molar-refractivity contribution is -0.121. The highest BCUT2D eigenvalue weighted by Gasteiger charge is 2.22. The van der Waals surface area contributed by atoms with Gasteiger partial charge < -0.3 is 9.88 Å². The Morgan fingerprint density at radius 2 is 2.08 bits per heavy atom. The molecule has 0 atom stereocenters. The number of anilines is 1. The molecule has 1 fully saturated rings. The minimum Gasteiger partial charge on any atom is -0.350 e. The molecule has 6 nitrogen and oxygen atoms in total. The second-order valence-electron chi connectivity index (χ2n) is 6.45. The number of carbonyl (C=O) groups excluding carboxylic acids is 2. The topological polar surface area (TPSA) is 67.2 Å². The Morgan fingerprint density at radius 3 is 2.92 bits per heavy atom. The zero-order chi connectivity index (χ0) is 17.9. The van der Waals surface area contributed by atoms with Gasteiger partial charge in [-0.3, -0.25) is 14.5 Å². The number of nitrogens with one attached hydrogen (secondary N) is 1. The summed E-state index contributed by atoms with van der Waals surface area (Å²) in [7, 11) is 0. The van der Waals surface area contributed by atoms with Crippen LogP contribution in [-0.2, 0) is 22.7 Å². The zero-order valence-corrected chi connectivity index (χ0v) is 14.4. The van der Waals surface area contributed by atoms with Gasteiger partial charge in [-0.05, 0) is 41.6 Å². The lowest BCUT2D eigenvalue weighted by Crippen LogP contribution is -2.27. The molecule has 1 saturated heterocycles. The Bertz CT molecular complexity index is 963. The average molecular weight is 348 g/mol. The number of pyridine rings is 1. The van der Waals surface area contributed by atoms with Crippen molar-refractivity contribution in [2.75, 3.05) is 11.4 Å². The standard InChI is InChI=1S/C20H20N4O2/c25-19(14-23-11-8-16-4-1-2-5-17(16)23)22-13-15-7-9-21-18(12-15)24-10-3-6-20(24)26/h1-2,4-5,7-9,11-12H,3,6,10,13-14H2,(H,22,25). The van der Waals surface area contributed by atoms with E-state index in [1.165, 1.54) is 0 Å². The largest absolute Gasteiger partial charge is 0.350 e. The molecule has 0 spiro atoms. The SMILES string of the molecule is O=C(Cn1ccc2ccccc21)NCc1ccnc(N2CCCC2=O)c1. The Morgan fingerprint density at radius 1 is 1.19 bits per heavy atom. The molecule has 0 bridgehead atoms. The van der Waals surface area contributed by atoms with Gasteiger partial charge in [-0.1, -0.05) is 18.2 Å². The number of amides is 2. The quantitative estimate of drug-likeness (QED) is 0.770. The molecular formula is C20H20N4O2. The summed E-state index contributed by atoms with van der Waals surface area (Å²) in [5.41, 5.74) is 1.97. The summed E-state index contributed by atoms with van der Waals surface area (Å²) in [5.74, 6) is 0.718. The summed E-state index contributed by atoms with van der Waals surface area (Å²) in [6.45, 7) is 1.40. The minimum atomic E-state index is -0.0537. The number of nitrogens with zero attached hydrogens (tertiary/aromatic N) is 3. The van der Waals surface area contributed by atoms with E-state index in [2.05, 4.69) is 10.3 Å². The Kier molecular flexibility index (Phi) is 4.39. The van der Waals surface area contributed by atoms with Crippen molar-refractivity contribution in [1.82, 2.24) is 14.9 Å². The van der Waals surface area contributed by atoms with Crippen LogP contribution in [0.25, 0.3) is 10.9 Å². The summed E-state index contributed by atoms with van der Waals surface area (Å²) < 4.78 is 1.94. The zero-order valence-electron chi connectivity index (χ0n) is 14.4. The van der Waals surface area contributed by atoms with Gasteiger partial charge in [0.2, 0.25) is 11.8 Å². The van der Waals surface area contributed by atoms with Gasteiger partial charge in [0, 0.05) is 37.4 Å². The van der Waals surface area contributed by atoms with Crippen molar-refractivity contribution in [3.63, 3.8) is 0 Å². The van der Waals surface area contributed by atoms with Crippen LogP contribution in [0.15, 0.2) is 54.9 Å². The van der Waals surface area contributed by atoms with Gasteiger partial charge in [0.25, 0.3) is 0 Å². The molecule has 1 aliphatic heterocycles. The van der Waals surface area contributed by atoms with Crippen LogP contribution in [0.2, 0.25) is 0 Å². The van der Waals surface area contributed by atoms with Crippen LogP contribution in [0.1, 0.15) is 18.4 Å². The highest BCUT2D eigenvalue weighted by atomic mass is 16.2. The number of fused-ring (bicyclic) bond motifs is 1. The summed E-state index contributed by atoms with van der Waals surface area (Å²) in [6.07, 6.45) is 5.05. The minimum absolute atomic E-state index is 0.0537. The molecule has 0 saturated carbocycles. The molecular weight excluding hydrogens is 328 g/mol. The van der Waals surface area contributed by atoms with Gasteiger partial charge in [-0.2, -0.15) is 0 Å². The molecule has 132 valence electrons. The van der Waals surface area contributed by atoms with E-state index in [9.17, 15) is 9.59 Å². The third-order valence-corrected chi connectivity index (χ3v) is 4.64. The first-order valence-corrected chi connectivity index (χ1v) is 8.76. The first-order valence-electron chi connectivity index (χ1n) is 8.76. The molecule has 0 radical (unpaired) electrons. The van der Waals surface area contributed by atoms with E-state index >= 15 is 0 Å². The number of para-hydroxylation sites is 1. The number of hydrogen-bond donors (Lipinski definition) is 1. The molecule has 1 aromatic carbocycles. The molecule has 2 amide bonds. The van der Waals surface area contributed by atoms with E-state index in [1.807, 2.05) is 53.2 Å². The molecule has 1 aliphatic rings. The molecule has 2 aromatic heterocycles. The van der Waals surface area contributed by atoms with Crippen LogP contribution >= 0.6 is 0 Å². The maximum absolute atomic E-state index is 12.3. The number of aromatic nitrogens is 2. The van der Waals surface area contributed by atoms with E-state index in [0.29, 0.717) is 25.3 Å². The summed E-state index contributed by atoms with van der Waals surface area (Å²) in [4.78, 5) is 30.1. The predicted molar refractivity (Wildman–Crippen MR) is 99.6 cm³/mol. The van der Waals surface area contributed by atoms with Crippen molar-refractivity contribution in [3.05, 3.63) is 60.4 Å². The van der Waals surface area contributed by atoms with E-state index in [-0.39, 0.29) is 18.4 Å². The van der Waals surface area contributed by atoms with Gasteiger partial charge in [-0.15, -0.1) is 0 Å². The molecule has 26 heavy (non-hydrogen) atoms. The monoisotopic (exact) mass is 348 g/mol. The third-order valence-electron chi connectivity index (χ3n) is 4.64. The van der Waals surface area contributed by atoms with Gasteiger partial charge >= 0.3 is 0 Å². The lowest BCUT2D eigenvalue weighted by atomic mass is 10.2. The highest BCUT2D eigenvalue weighted by molar-refractivity contribution is 5.94. The lowest BCUT2D eigenvalue weighted by Gasteiger charge is -2.15. The number of rotatable bonds is 5. The number of benzene rings is 1. The third kappa shape index (κ3) is 3.31. The smallest absolute Gasteiger partial charge is 0.240 e. The van der Waals surface area contributed by atoms with Crippen LogP contribution in [-0.4, -0.2) is 27.9 Å². The second kappa shape index (κ2) is 7.00. The van der Waals surface area contributed by atoms with Crippen LogP contribution in [0.3, 0.4) is 0 Å². The van der Waals surface area contributed by atoms with Crippen molar-refractivity contribution >= 4 is 28.5 Å². The van der Waals surface area contributed by atoms with Crippen molar-refractivity contribution in [2.45, 2.75) is 25.9 Å². The van der Waals surface area contributed by atoms with Crippen LogP contribution in [0.4, 0.5) is 5.82 Å². The molecule has 3 aromatic rings. The Balaban J connectivity index is 1.39. The Labute approximate surface area is 151 Å². The van der Waals surface area contributed by atoms with Gasteiger partial charge in [0.1, 0.15) is 12.4 Å². The summed E-state index contributed by atoms with van der Waals surface area (Å²) in [5, 5.41) is 4.06. The maximum atomic E-state index is 12.3. The molecule has 0 aliphatic carbocycles. The fraction of sp³-hybridized carbons (Fsp3) is 0.250. The van der Waals surface area contributed by atoms with Crippen LogP contribution in [0.5, 0.6) is 0 Å². The van der Waals surface area contributed by atoms with Gasteiger partial charge in [0.05, 0.1) is 0 Å². The summed E-state index contributed by atoms with van der Waals surface area (Å²) >= 11 is 0. The number of hydrogen-bond acceptors (Lipinski definition) is 3. The van der Waals surface area contributed by atoms with E-state index in [0.717, 1.165) is 22.9 Å². The first-order chi connectivity index (χ1) is 12.7.